The van der Waals surface area contributed by atoms with Crippen LogP contribution in [-0.2, 0) is 15.7 Å². The highest BCUT2D eigenvalue weighted by molar-refractivity contribution is 7.84. The largest absolute Gasteiger partial charge is 0.456 e. The van der Waals surface area contributed by atoms with Gasteiger partial charge >= 0.3 is 5.97 Å². The monoisotopic (exact) mass is 343 g/mol. The Bertz CT molecular complexity index is 544. The molecule has 22 heavy (non-hydrogen) atoms. The first kappa shape index (κ1) is 19.3. The highest BCUT2D eigenvalue weighted by Crippen LogP contribution is 2.23. The van der Waals surface area contributed by atoms with Crippen molar-refractivity contribution in [2.45, 2.75) is 57.7 Å². The van der Waals surface area contributed by atoms with Gasteiger partial charge in [0.2, 0.25) is 0 Å². The molecule has 1 rings (SSSR count). The molecule has 0 aromatic heterocycles. The van der Waals surface area contributed by atoms with E-state index in [0.29, 0.717) is 5.56 Å². The quantitative estimate of drug-likeness (QED) is 0.672. The van der Waals surface area contributed by atoms with Gasteiger partial charge < -0.3 is 4.74 Å². The van der Waals surface area contributed by atoms with Crippen LogP contribution in [0.25, 0.3) is 0 Å². The highest BCUT2D eigenvalue weighted by atomic mass is 32.2. The zero-order valence-electron chi connectivity index (χ0n) is 14.1. The Labute approximate surface area is 138 Å². The van der Waals surface area contributed by atoms with E-state index in [-0.39, 0.29) is 16.5 Å². The van der Waals surface area contributed by atoms with Gasteiger partial charge in [0.25, 0.3) is 0 Å². The molecule has 3 unspecified atom stereocenters. The van der Waals surface area contributed by atoms with Crippen LogP contribution >= 0.6 is 9.24 Å². The summed E-state index contributed by atoms with van der Waals surface area (Å²) in [4.78, 5) is 12.0. The molecule has 0 spiro atoms. The zero-order chi connectivity index (χ0) is 17.1. The lowest BCUT2D eigenvalue weighted by Crippen LogP contribution is -2.34. The smallest absolute Gasteiger partial charge is 0.338 e. The maximum absolute atomic E-state index is 12.1. The molecule has 6 heteroatoms. The second-order valence-electron chi connectivity index (χ2n) is 7.10. The van der Waals surface area contributed by atoms with E-state index in [1.165, 1.54) is 0 Å². The Kier molecular flexibility index (Phi) is 6.31. The molecule has 3 atom stereocenters. The summed E-state index contributed by atoms with van der Waals surface area (Å²) in [6, 6.07) is 7.12. The normalized spacial score (nSPS) is 15.2. The summed E-state index contributed by atoms with van der Waals surface area (Å²) >= 11 is 0. The van der Waals surface area contributed by atoms with Crippen molar-refractivity contribution in [3.63, 3.8) is 0 Å². The van der Waals surface area contributed by atoms with Crippen LogP contribution < -0.4 is 4.72 Å². The summed E-state index contributed by atoms with van der Waals surface area (Å²) in [5.41, 5.74) is 0.937. The summed E-state index contributed by atoms with van der Waals surface area (Å²) < 4.78 is 20.1. The first-order valence-electron chi connectivity index (χ1n) is 7.17. The predicted molar refractivity (Wildman–Crippen MR) is 95.1 cm³/mol. The number of ether oxygens (including phenoxy) is 1. The molecule has 4 nitrogen and oxygen atoms in total. The van der Waals surface area contributed by atoms with Crippen molar-refractivity contribution in [3.05, 3.63) is 35.4 Å². The Balaban J connectivity index is 2.76. The van der Waals surface area contributed by atoms with Crippen LogP contribution in [0.2, 0.25) is 0 Å². The number of benzene rings is 1. The molecule has 0 aliphatic heterocycles. The van der Waals surface area contributed by atoms with E-state index in [1.54, 1.807) is 12.1 Å². The molecule has 0 aliphatic rings. The van der Waals surface area contributed by atoms with Crippen LogP contribution in [0.15, 0.2) is 24.3 Å². The van der Waals surface area contributed by atoms with E-state index < -0.39 is 16.6 Å². The molecule has 124 valence electrons. The molecule has 0 amide bonds. The number of hydrogen-bond acceptors (Lipinski definition) is 3. The van der Waals surface area contributed by atoms with Gasteiger partial charge in [0.1, 0.15) is 5.60 Å². The lowest BCUT2D eigenvalue weighted by molar-refractivity contribution is 0.00695. The van der Waals surface area contributed by atoms with E-state index in [0.717, 1.165) is 5.56 Å². The fraction of sp³-hybridized carbons (Fsp3) is 0.562. The van der Waals surface area contributed by atoms with Gasteiger partial charge in [-0.25, -0.2) is 13.7 Å². The average Bonchev–Trinajstić information content (AvgIpc) is 2.35. The van der Waals surface area contributed by atoms with Gasteiger partial charge in [0, 0.05) is 0 Å². The minimum absolute atomic E-state index is 0.146. The number of hydrogen-bond donors (Lipinski definition) is 1. The number of esters is 1. The van der Waals surface area contributed by atoms with Crippen LogP contribution in [0.1, 0.15) is 63.2 Å². The molecule has 0 fully saturated rings. The van der Waals surface area contributed by atoms with Crippen LogP contribution in [0, 0.1) is 0 Å². The molecule has 0 aliphatic carbocycles. The Morgan fingerprint density at radius 1 is 1.14 bits per heavy atom. The summed E-state index contributed by atoms with van der Waals surface area (Å²) in [7, 11) is 1.47. The van der Waals surface area contributed by atoms with Gasteiger partial charge in [0.15, 0.2) is 0 Å². The van der Waals surface area contributed by atoms with Crippen LogP contribution in [0.3, 0.4) is 0 Å². The molecule has 1 N–H and O–H groups in total. The molecule has 0 radical (unpaired) electrons. The Hall–Kier alpha value is -0.770. The predicted octanol–water partition coefficient (Wildman–Crippen LogP) is 3.57. The SMILES string of the molecule is CC(C)(C)OC(=O)c1ccc(C(P)NS(=O)C(C)(C)C)cc1. The van der Waals surface area contributed by atoms with Gasteiger partial charge in [-0.15, -0.1) is 9.24 Å². The van der Waals surface area contributed by atoms with E-state index in [9.17, 15) is 9.00 Å². The van der Waals surface area contributed by atoms with Crippen molar-refractivity contribution < 1.29 is 13.7 Å². The van der Waals surface area contributed by atoms with Crippen molar-refractivity contribution >= 4 is 26.2 Å². The number of carbonyl (C=O) groups is 1. The van der Waals surface area contributed by atoms with Crippen molar-refractivity contribution in [2.75, 3.05) is 0 Å². The highest BCUT2D eigenvalue weighted by Gasteiger charge is 2.22. The molecular formula is C16H26NO3PS. The lowest BCUT2D eigenvalue weighted by atomic mass is 10.1. The first-order valence-corrected chi connectivity index (χ1v) is 8.99. The topological polar surface area (TPSA) is 55.4 Å². The van der Waals surface area contributed by atoms with Gasteiger partial charge in [-0.2, -0.15) is 0 Å². The Morgan fingerprint density at radius 3 is 2.05 bits per heavy atom. The second kappa shape index (κ2) is 7.20. The van der Waals surface area contributed by atoms with E-state index in [2.05, 4.69) is 14.0 Å². The molecular weight excluding hydrogens is 317 g/mol. The third kappa shape index (κ3) is 6.15. The molecule has 1 aromatic carbocycles. The number of rotatable bonds is 4. The summed E-state index contributed by atoms with van der Waals surface area (Å²) in [6.45, 7) is 11.3. The minimum atomic E-state index is -1.16. The number of nitrogens with one attached hydrogen (secondary N) is 1. The zero-order valence-corrected chi connectivity index (χ0v) is 16.1. The maximum atomic E-state index is 12.1. The van der Waals surface area contributed by atoms with Crippen molar-refractivity contribution in [1.29, 1.82) is 0 Å². The fourth-order valence-corrected chi connectivity index (χ4v) is 2.84. The molecule has 1 aromatic rings. The first-order chi connectivity index (χ1) is 9.90. The van der Waals surface area contributed by atoms with Crippen LogP contribution in [-0.4, -0.2) is 20.5 Å². The molecule has 0 saturated carbocycles. The number of carbonyl (C=O) groups excluding carboxylic acids is 1. The third-order valence-electron chi connectivity index (χ3n) is 2.69. The van der Waals surface area contributed by atoms with E-state index in [4.69, 9.17) is 4.74 Å². The van der Waals surface area contributed by atoms with Crippen LogP contribution in [0.4, 0.5) is 0 Å². The lowest BCUT2D eigenvalue weighted by Gasteiger charge is -2.22. The molecule has 0 saturated heterocycles. The summed E-state index contributed by atoms with van der Waals surface area (Å²) in [6.07, 6.45) is 0. The van der Waals surface area contributed by atoms with Gasteiger partial charge in [0.05, 0.1) is 27.1 Å². The summed E-state index contributed by atoms with van der Waals surface area (Å²) in [5, 5.41) is 0. The molecule has 0 bridgehead atoms. The standard InChI is InChI=1S/C16H26NO3PS/c1-15(2,3)20-14(18)12-9-7-11(8-10-12)13(21)17-22(19)16(4,5)6/h7-10,13,17H,21H2,1-6H3. The van der Waals surface area contributed by atoms with Crippen molar-refractivity contribution in [2.24, 2.45) is 0 Å². The van der Waals surface area contributed by atoms with Crippen molar-refractivity contribution in [3.8, 4) is 0 Å². The van der Waals surface area contributed by atoms with Crippen molar-refractivity contribution in [1.82, 2.24) is 4.72 Å². The minimum Gasteiger partial charge on any atom is -0.456 e. The van der Waals surface area contributed by atoms with Gasteiger partial charge in [-0.3, -0.25) is 0 Å². The summed E-state index contributed by atoms with van der Waals surface area (Å²) in [5.74, 6) is -0.488. The maximum Gasteiger partial charge on any atom is 0.338 e. The van der Waals surface area contributed by atoms with E-state index in [1.807, 2.05) is 53.7 Å². The van der Waals surface area contributed by atoms with Crippen LogP contribution in [0.5, 0.6) is 0 Å². The van der Waals surface area contributed by atoms with Gasteiger partial charge in [-0.05, 0) is 59.2 Å². The fourth-order valence-electron chi connectivity index (χ4n) is 1.52. The second-order valence-corrected chi connectivity index (χ2v) is 9.77. The van der Waals surface area contributed by atoms with Gasteiger partial charge in [-0.1, -0.05) is 12.1 Å². The third-order valence-corrected chi connectivity index (χ3v) is 5.07. The molecule has 0 heterocycles. The van der Waals surface area contributed by atoms with E-state index >= 15 is 0 Å². The average molecular weight is 343 g/mol. The Morgan fingerprint density at radius 2 is 1.64 bits per heavy atom.